The molecular formula is C16H23FN2O. The molecule has 3 N–H and O–H groups in total. The number of amides is 1. The molecule has 0 unspecified atom stereocenters. The van der Waals surface area contributed by atoms with Crippen LogP contribution in [0, 0.1) is 17.2 Å². The zero-order valence-electron chi connectivity index (χ0n) is 12.2. The Kier molecular flexibility index (Phi) is 4.31. The summed E-state index contributed by atoms with van der Waals surface area (Å²) in [6.07, 6.45) is 4.85. The number of anilines is 2. The Hall–Kier alpha value is -1.58. The molecule has 0 atom stereocenters. The van der Waals surface area contributed by atoms with Gasteiger partial charge in [-0.05, 0) is 43.4 Å². The third-order valence-electron chi connectivity index (χ3n) is 4.10. The van der Waals surface area contributed by atoms with Crippen molar-refractivity contribution in [3.05, 3.63) is 24.0 Å². The number of nitrogens with one attached hydrogen (secondary N) is 1. The molecule has 20 heavy (non-hydrogen) atoms. The first-order valence-corrected chi connectivity index (χ1v) is 7.29. The van der Waals surface area contributed by atoms with E-state index in [0.717, 1.165) is 32.1 Å². The highest BCUT2D eigenvalue weighted by atomic mass is 19.1. The van der Waals surface area contributed by atoms with Gasteiger partial charge in [0.05, 0.1) is 11.4 Å². The molecule has 1 aromatic carbocycles. The van der Waals surface area contributed by atoms with Crippen LogP contribution in [0.2, 0.25) is 0 Å². The van der Waals surface area contributed by atoms with Crippen LogP contribution >= 0.6 is 0 Å². The number of nitrogens with two attached hydrogens (primary N) is 1. The average molecular weight is 278 g/mol. The van der Waals surface area contributed by atoms with Crippen LogP contribution in [0.3, 0.4) is 0 Å². The number of halogens is 1. The zero-order chi connectivity index (χ0) is 14.8. The minimum atomic E-state index is -0.390. The summed E-state index contributed by atoms with van der Waals surface area (Å²) in [6, 6.07) is 4.06. The van der Waals surface area contributed by atoms with E-state index in [1.807, 2.05) is 0 Å². The molecule has 1 fully saturated rings. The quantitative estimate of drug-likeness (QED) is 0.819. The predicted molar refractivity (Wildman–Crippen MR) is 79.8 cm³/mol. The third-order valence-corrected chi connectivity index (χ3v) is 4.10. The van der Waals surface area contributed by atoms with Crippen LogP contribution in [0.4, 0.5) is 15.8 Å². The largest absolute Gasteiger partial charge is 0.397 e. The van der Waals surface area contributed by atoms with Crippen LogP contribution < -0.4 is 11.1 Å². The topological polar surface area (TPSA) is 55.1 Å². The number of carbonyl (C=O) groups excluding carboxylic acids is 1. The average Bonchev–Trinajstić information content (AvgIpc) is 2.82. The highest BCUT2D eigenvalue weighted by Crippen LogP contribution is 2.44. The van der Waals surface area contributed by atoms with Gasteiger partial charge >= 0.3 is 0 Å². The van der Waals surface area contributed by atoms with Gasteiger partial charge < -0.3 is 11.1 Å². The molecular weight excluding hydrogens is 255 g/mol. The van der Waals surface area contributed by atoms with Gasteiger partial charge in [0, 0.05) is 5.41 Å². The lowest BCUT2D eigenvalue weighted by Gasteiger charge is -2.29. The summed E-state index contributed by atoms with van der Waals surface area (Å²) < 4.78 is 13.3. The summed E-state index contributed by atoms with van der Waals surface area (Å²) in [4.78, 5) is 12.6. The highest BCUT2D eigenvalue weighted by molar-refractivity contribution is 5.97. The summed E-state index contributed by atoms with van der Waals surface area (Å²) in [7, 11) is 0. The minimum absolute atomic E-state index is 0.0130. The second kappa shape index (κ2) is 5.81. The lowest BCUT2D eigenvalue weighted by atomic mass is 9.77. The monoisotopic (exact) mass is 278 g/mol. The molecule has 0 bridgehead atoms. The maximum atomic E-state index is 13.3. The molecule has 1 aliphatic carbocycles. The van der Waals surface area contributed by atoms with Crippen LogP contribution in [0.5, 0.6) is 0 Å². The Balaban J connectivity index is 2.18. The van der Waals surface area contributed by atoms with Crippen LogP contribution in [0.15, 0.2) is 18.2 Å². The molecule has 0 aromatic heterocycles. The van der Waals surface area contributed by atoms with Crippen molar-refractivity contribution in [1.82, 2.24) is 0 Å². The first-order chi connectivity index (χ1) is 9.43. The van der Waals surface area contributed by atoms with Gasteiger partial charge in [0.15, 0.2) is 0 Å². The van der Waals surface area contributed by atoms with Crippen molar-refractivity contribution >= 4 is 17.3 Å². The number of hydrogen-bond acceptors (Lipinski definition) is 2. The van der Waals surface area contributed by atoms with Gasteiger partial charge in [-0.3, -0.25) is 4.79 Å². The molecule has 0 radical (unpaired) electrons. The third kappa shape index (κ3) is 3.11. The molecule has 0 saturated heterocycles. The Morgan fingerprint density at radius 1 is 1.40 bits per heavy atom. The number of benzene rings is 1. The zero-order valence-corrected chi connectivity index (χ0v) is 12.2. The van der Waals surface area contributed by atoms with E-state index in [1.165, 1.54) is 18.2 Å². The Bertz CT molecular complexity index is 493. The lowest BCUT2D eigenvalue weighted by Crippen LogP contribution is -2.35. The minimum Gasteiger partial charge on any atom is -0.397 e. The smallest absolute Gasteiger partial charge is 0.230 e. The lowest BCUT2D eigenvalue weighted by molar-refractivity contribution is -0.126. The molecule has 0 spiro atoms. The van der Waals surface area contributed by atoms with Crippen molar-refractivity contribution in [3.8, 4) is 0 Å². The van der Waals surface area contributed by atoms with Gasteiger partial charge in [-0.1, -0.05) is 26.7 Å². The van der Waals surface area contributed by atoms with E-state index >= 15 is 0 Å². The highest BCUT2D eigenvalue weighted by Gasteiger charge is 2.41. The summed E-state index contributed by atoms with van der Waals surface area (Å²) in [5.74, 6) is 0.0588. The molecule has 1 aliphatic rings. The van der Waals surface area contributed by atoms with Crippen molar-refractivity contribution in [2.45, 2.75) is 46.0 Å². The molecule has 3 nitrogen and oxygen atoms in total. The summed E-state index contributed by atoms with van der Waals surface area (Å²) in [6.45, 7) is 4.26. The maximum Gasteiger partial charge on any atom is 0.230 e. The van der Waals surface area contributed by atoms with Gasteiger partial charge in [-0.2, -0.15) is 0 Å². The van der Waals surface area contributed by atoms with Crippen LogP contribution in [-0.2, 0) is 4.79 Å². The fourth-order valence-corrected chi connectivity index (χ4v) is 3.25. The summed E-state index contributed by atoms with van der Waals surface area (Å²) in [5, 5.41) is 2.84. The molecule has 1 aromatic rings. The molecule has 4 heteroatoms. The predicted octanol–water partition coefficient (Wildman–Crippen LogP) is 3.95. The standard InChI is InChI=1S/C16H23FN2O/c1-11(2)10-16(7-3-4-8-16)15(20)19-14-9-12(17)5-6-13(14)18/h5-6,9,11H,3-4,7-8,10,18H2,1-2H3,(H,19,20). The first kappa shape index (κ1) is 14.8. The van der Waals surface area contributed by atoms with Crippen molar-refractivity contribution in [2.24, 2.45) is 11.3 Å². The number of rotatable bonds is 4. The maximum absolute atomic E-state index is 13.3. The SMILES string of the molecule is CC(C)CC1(C(=O)Nc2cc(F)ccc2N)CCCC1. The van der Waals surface area contributed by atoms with E-state index in [-0.39, 0.29) is 17.1 Å². The molecule has 1 saturated carbocycles. The van der Waals surface area contributed by atoms with Crippen LogP contribution in [0.25, 0.3) is 0 Å². The van der Waals surface area contributed by atoms with Crippen LogP contribution in [0.1, 0.15) is 46.0 Å². The molecule has 2 rings (SSSR count). The van der Waals surface area contributed by atoms with Gasteiger partial charge in [-0.25, -0.2) is 4.39 Å². The van der Waals surface area contributed by atoms with Gasteiger partial charge in [0.1, 0.15) is 5.82 Å². The van der Waals surface area contributed by atoms with Crippen molar-refractivity contribution in [1.29, 1.82) is 0 Å². The van der Waals surface area contributed by atoms with E-state index in [2.05, 4.69) is 19.2 Å². The van der Waals surface area contributed by atoms with E-state index in [0.29, 0.717) is 17.3 Å². The van der Waals surface area contributed by atoms with Crippen molar-refractivity contribution in [3.63, 3.8) is 0 Å². The molecule has 0 aliphatic heterocycles. The summed E-state index contributed by atoms with van der Waals surface area (Å²) >= 11 is 0. The van der Waals surface area contributed by atoms with Gasteiger partial charge in [0.25, 0.3) is 0 Å². The fraction of sp³-hybridized carbons (Fsp3) is 0.562. The number of nitrogen functional groups attached to an aromatic ring is 1. The number of hydrogen-bond donors (Lipinski definition) is 2. The summed E-state index contributed by atoms with van der Waals surface area (Å²) in [5.41, 5.74) is 6.27. The fourth-order valence-electron chi connectivity index (χ4n) is 3.25. The second-order valence-corrected chi connectivity index (χ2v) is 6.27. The molecule has 110 valence electrons. The Labute approximate surface area is 119 Å². The van der Waals surface area contributed by atoms with Gasteiger partial charge in [0.2, 0.25) is 5.91 Å². The molecule has 0 heterocycles. The van der Waals surface area contributed by atoms with Crippen molar-refractivity contribution < 1.29 is 9.18 Å². The normalized spacial score (nSPS) is 17.4. The molecule has 1 amide bonds. The number of carbonyl (C=O) groups is 1. The van der Waals surface area contributed by atoms with E-state index in [9.17, 15) is 9.18 Å². The van der Waals surface area contributed by atoms with Crippen LogP contribution in [-0.4, -0.2) is 5.91 Å². The van der Waals surface area contributed by atoms with Gasteiger partial charge in [-0.15, -0.1) is 0 Å². The van der Waals surface area contributed by atoms with Crippen molar-refractivity contribution in [2.75, 3.05) is 11.1 Å². The first-order valence-electron chi connectivity index (χ1n) is 7.29. The van der Waals surface area contributed by atoms with E-state index in [1.54, 1.807) is 0 Å². The Morgan fingerprint density at radius 2 is 2.05 bits per heavy atom. The second-order valence-electron chi connectivity index (χ2n) is 6.27. The van der Waals surface area contributed by atoms with E-state index in [4.69, 9.17) is 5.73 Å². The Morgan fingerprint density at radius 3 is 2.65 bits per heavy atom. The van der Waals surface area contributed by atoms with E-state index < -0.39 is 0 Å².